The Balaban J connectivity index is 3.32. The van der Waals surface area contributed by atoms with Crippen LogP contribution >= 0.6 is 0 Å². The average molecular weight is 1060 g/mol. The van der Waals surface area contributed by atoms with Crippen molar-refractivity contribution >= 4 is 11.9 Å². The van der Waals surface area contributed by atoms with Crippen molar-refractivity contribution in [2.45, 2.75) is 405 Å². The molecule has 6 heteroatoms. The van der Waals surface area contributed by atoms with Crippen LogP contribution in [0.3, 0.4) is 0 Å². The third kappa shape index (κ3) is 61.7. The summed E-state index contributed by atoms with van der Waals surface area (Å²) in [5, 5.41) is 23.2. The summed E-state index contributed by atoms with van der Waals surface area (Å²) in [6.45, 7) is 4.98. The average Bonchev–Trinajstić information content (AvgIpc) is 3.41. The lowest BCUT2D eigenvalue weighted by Gasteiger charge is -2.22. The maximum atomic E-state index is 12.5. The number of nitrogens with one attached hydrogen (secondary N) is 1. The predicted molar refractivity (Wildman–Crippen MR) is 329 cm³/mol. The van der Waals surface area contributed by atoms with Crippen molar-refractivity contribution in [3.05, 3.63) is 12.2 Å². The number of carbonyl (C=O) groups excluding carboxylic acids is 2. The molecule has 0 aliphatic rings. The summed E-state index contributed by atoms with van der Waals surface area (Å²) in [6.07, 6.45) is 79.8. The fourth-order valence-electron chi connectivity index (χ4n) is 11.1. The molecule has 0 bridgehead atoms. The number of rotatable bonds is 65. The summed E-state index contributed by atoms with van der Waals surface area (Å²) in [5.74, 6) is -0.0105. The highest BCUT2D eigenvalue weighted by molar-refractivity contribution is 5.76. The van der Waals surface area contributed by atoms with Crippen LogP contribution in [0, 0.1) is 0 Å². The Hall–Kier alpha value is -1.40. The highest BCUT2D eigenvalue weighted by atomic mass is 16.5. The first-order valence-corrected chi connectivity index (χ1v) is 34.4. The molecule has 0 spiro atoms. The van der Waals surface area contributed by atoms with Gasteiger partial charge in [0.25, 0.3) is 0 Å². The normalized spacial score (nSPS) is 12.5. The molecule has 0 rings (SSSR count). The summed E-state index contributed by atoms with van der Waals surface area (Å²) in [4.78, 5) is 24.6. The molecule has 0 aromatic carbocycles. The van der Waals surface area contributed by atoms with Gasteiger partial charge >= 0.3 is 5.97 Å². The second-order valence-electron chi connectivity index (χ2n) is 23.9. The summed E-state index contributed by atoms with van der Waals surface area (Å²) in [7, 11) is 0. The van der Waals surface area contributed by atoms with Gasteiger partial charge < -0.3 is 20.3 Å². The van der Waals surface area contributed by atoms with Crippen LogP contribution in [0.2, 0.25) is 0 Å². The first kappa shape index (κ1) is 73.6. The molecule has 6 nitrogen and oxygen atoms in total. The highest BCUT2D eigenvalue weighted by Gasteiger charge is 2.20. The van der Waals surface area contributed by atoms with Gasteiger partial charge in [-0.1, -0.05) is 341 Å². The van der Waals surface area contributed by atoms with E-state index in [4.69, 9.17) is 4.74 Å². The smallest absolute Gasteiger partial charge is 0.305 e. The lowest BCUT2D eigenvalue weighted by atomic mass is 10.0. The van der Waals surface area contributed by atoms with E-state index in [-0.39, 0.29) is 18.5 Å². The fraction of sp³-hybridized carbons (Fsp3) is 0.942. The van der Waals surface area contributed by atoms with Crippen molar-refractivity contribution in [2.75, 3.05) is 13.2 Å². The summed E-state index contributed by atoms with van der Waals surface area (Å²) in [5.41, 5.74) is 0. The largest absolute Gasteiger partial charge is 0.466 e. The van der Waals surface area contributed by atoms with E-state index in [0.717, 1.165) is 38.5 Å². The second-order valence-corrected chi connectivity index (χ2v) is 23.9. The molecular formula is C69H135NO5. The van der Waals surface area contributed by atoms with E-state index in [1.807, 2.05) is 0 Å². The number of allylic oxidation sites excluding steroid dienone is 2. The molecule has 0 radical (unpaired) electrons. The Morgan fingerprint density at radius 1 is 0.360 bits per heavy atom. The van der Waals surface area contributed by atoms with Gasteiger partial charge in [0.05, 0.1) is 25.4 Å². The van der Waals surface area contributed by atoms with Crippen molar-refractivity contribution < 1.29 is 24.5 Å². The number of hydrogen-bond acceptors (Lipinski definition) is 5. The van der Waals surface area contributed by atoms with Gasteiger partial charge in [0.2, 0.25) is 5.91 Å². The predicted octanol–water partition coefficient (Wildman–Crippen LogP) is 22.0. The quantitative estimate of drug-likeness (QED) is 0.0320. The minimum Gasteiger partial charge on any atom is -0.466 e. The number of esters is 1. The summed E-state index contributed by atoms with van der Waals surface area (Å²) >= 11 is 0. The lowest BCUT2D eigenvalue weighted by molar-refractivity contribution is -0.143. The van der Waals surface area contributed by atoms with E-state index in [1.165, 1.54) is 321 Å². The van der Waals surface area contributed by atoms with Crippen LogP contribution in [0.15, 0.2) is 12.2 Å². The zero-order valence-electron chi connectivity index (χ0n) is 51.1. The van der Waals surface area contributed by atoms with Crippen LogP contribution < -0.4 is 5.32 Å². The molecule has 0 aromatic heterocycles. The molecule has 1 amide bonds. The van der Waals surface area contributed by atoms with Gasteiger partial charge in [-0.15, -0.1) is 0 Å². The molecule has 2 unspecified atom stereocenters. The van der Waals surface area contributed by atoms with E-state index in [1.54, 1.807) is 0 Å². The van der Waals surface area contributed by atoms with Crippen LogP contribution in [0.5, 0.6) is 0 Å². The SMILES string of the molecule is CCCCCCCCCCCCCCCCCCCC(=O)OCCCCCCCCCCCCCC/C=C\CCCCCCCCCCCCCCCCC(=O)NC(CO)C(O)CCCCCCCCCCCCC. The Morgan fingerprint density at radius 3 is 0.947 bits per heavy atom. The van der Waals surface area contributed by atoms with Gasteiger partial charge in [0, 0.05) is 12.8 Å². The Morgan fingerprint density at radius 2 is 0.627 bits per heavy atom. The van der Waals surface area contributed by atoms with Crippen molar-refractivity contribution in [3.63, 3.8) is 0 Å². The van der Waals surface area contributed by atoms with Gasteiger partial charge in [0.1, 0.15) is 0 Å². The summed E-state index contributed by atoms with van der Waals surface area (Å²) < 4.78 is 5.51. The number of ether oxygens (including phenoxy) is 1. The van der Waals surface area contributed by atoms with E-state index < -0.39 is 12.1 Å². The van der Waals surface area contributed by atoms with Gasteiger partial charge in [-0.2, -0.15) is 0 Å². The fourth-order valence-corrected chi connectivity index (χ4v) is 11.1. The maximum absolute atomic E-state index is 12.5. The molecule has 0 aliphatic carbocycles. The molecule has 2 atom stereocenters. The number of amides is 1. The molecule has 0 aliphatic heterocycles. The number of aliphatic hydroxyl groups is 2. The zero-order chi connectivity index (χ0) is 54.3. The van der Waals surface area contributed by atoms with E-state index in [0.29, 0.717) is 25.9 Å². The number of hydrogen-bond donors (Lipinski definition) is 3. The molecule has 0 heterocycles. The Kier molecular flexibility index (Phi) is 63.9. The molecule has 0 aromatic rings. The molecule has 75 heavy (non-hydrogen) atoms. The Labute approximate surface area is 469 Å². The number of unbranched alkanes of at least 4 members (excludes halogenated alkanes) is 52. The summed E-state index contributed by atoms with van der Waals surface area (Å²) in [6, 6.07) is -0.538. The van der Waals surface area contributed by atoms with Crippen LogP contribution in [0.25, 0.3) is 0 Å². The Bertz CT molecular complexity index is 1130. The van der Waals surface area contributed by atoms with Crippen LogP contribution in [0.1, 0.15) is 393 Å². The molecule has 0 fully saturated rings. The molecule has 3 N–H and O–H groups in total. The number of aliphatic hydroxyl groups excluding tert-OH is 2. The second kappa shape index (κ2) is 65.1. The zero-order valence-corrected chi connectivity index (χ0v) is 51.1. The molecule has 0 saturated heterocycles. The van der Waals surface area contributed by atoms with Gasteiger partial charge in [-0.25, -0.2) is 0 Å². The minimum absolute atomic E-state index is 0.0219. The number of carbonyl (C=O) groups is 2. The third-order valence-corrected chi connectivity index (χ3v) is 16.3. The van der Waals surface area contributed by atoms with Crippen molar-refractivity contribution in [2.24, 2.45) is 0 Å². The van der Waals surface area contributed by atoms with E-state index >= 15 is 0 Å². The van der Waals surface area contributed by atoms with Crippen molar-refractivity contribution in [1.29, 1.82) is 0 Å². The van der Waals surface area contributed by atoms with Crippen LogP contribution in [-0.4, -0.2) is 47.4 Å². The molecule has 446 valence electrons. The van der Waals surface area contributed by atoms with Crippen molar-refractivity contribution in [1.82, 2.24) is 5.32 Å². The first-order chi connectivity index (χ1) is 37.0. The van der Waals surface area contributed by atoms with Crippen molar-refractivity contribution in [3.8, 4) is 0 Å². The third-order valence-electron chi connectivity index (χ3n) is 16.3. The van der Waals surface area contributed by atoms with Gasteiger partial charge in [-0.05, 0) is 51.4 Å². The topological polar surface area (TPSA) is 95.9 Å². The molecule has 0 saturated carbocycles. The standard InChI is InChI=1S/C69H135NO5/c1-3-5-7-9-11-13-15-16-17-32-36-39-43-47-51-55-59-63-69(74)75-64-60-56-52-48-44-40-37-34-31-29-27-25-23-21-19-18-20-22-24-26-28-30-33-35-38-42-46-50-54-58-62-68(73)70-66(65-71)67(72)61-57-53-49-45-41-14-12-10-8-6-4-2/h19,21,66-67,71-72H,3-18,20,22-65H2,1-2H3,(H,70,73)/b21-19-. The minimum atomic E-state index is -0.661. The lowest BCUT2D eigenvalue weighted by Crippen LogP contribution is -2.45. The maximum Gasteiger partial charge on any atom is 0.305 e. The van der Waals surface area contributed by atoms with E-state index in [2.05, 4.69) is 31.3 Å². The van der Waals surface area contributed by atoms with Gasteiger partial charge in [-0.3, -0.25) is 9.59 Å². The van der Waals surface area contributed by atoms with Crippen LogP contribution in [0.4, 0.5) is 0 Å². The van der Waals surface area contributed by atoms with E-state index in [9.17, 15) is 19.8 Å². The first-order valence-electron chi connectivity index (χ1n) is 34.4. The van der Waals surface area contributed by atoms with Crippen LogP contribution in [-0.2, 0) is 14.3 Å². The highest BCUT2D eigenvalue weighted by Crippen LogP contribution is 2.19. The van der Waals surface area contributed by atoms with Gasteiger partial charge in [0.15, 0.2) is 0 Å². The molecular weight excluding hydrogens is 923 g/mol. The monoisotopic (exact) mass is 1060 g/mol.